The lowest BCUT2D eigenvalue weighted by atomic mass is 10.0. The van der Waals surface area contributed by atoms with E-state index in [1.54, 1.807) is 0 Å². The van der Waals surface area contributed by atoms with Crippen molar-refractivity contribution in [3.63, 3.8) is 0 Å². The topological polar surface area (TPSA) is 29.3 Å². The number of fused-ring (bicyclic) bond motifs is 1. The van der Waals surface area contributed by atoms with E-state index in [-0.39, 0.29) is 6.04 Å². The maximum Gasteiger partial charge on any atom is 0.0661 e. The van der Waals surface area contributed by atoms with Crippen LogP contribution < -0.4 is 10.6 Å². The first-order chi connectivity index (χ1) is 10.3. The fourth-order valence-corrected chi connectivity index (χ4v) is 2.78. The van der Waals surface area contributed by atoms with Crippen LogP contribution in [0.1, 0.15) is 11.6 Å². The molecule has 0 aromatic heterocycles. The summed E-state index contributed by atoms with van der Waals surface area (Å²) in [6.45, 7) is 0.587. The summed E-state index contributed by atoms with van der Waals surface area (Å²) >= 11 is 0. The highest BCUT2D eigenvalue weighted by Crippen LogP contribution is 2.27. The summed E-state index contributed by atoms with van der Waals surface area (Å²) in [6.07, 6.45) is 0. The Labute approximate surface area is 125 Å². The Bertz CT molecular complexity index is 722. The summed E-state index contributed by atoms with van der Waals surface area (Å²) < 4.78 is 0. The monoisotopic (exact) mass is 276 g/mol. The molecule has 0 aliphatic heterocycles. The number of para-hydroxylation sites is 1. The van der Waals surface area contributed by atoms with E-state index in [1.807, 2.05) is 6.07 Å². The van der Waals surface area contributed by atoms with Crippen LogP contribution >= 0.6 is 0 Å². The number of hydrogen-bond acceptors (Lipinski definition) is 2. The zero-order valence-corrected chi connectivity index (χ0v) is 12.2. The lowest BCUT2D eigenvalue weighted by Gasteiger charge is -2.29. The van der Waals surface area contributed by atoms with Gasteiger partial charge < -0.3 is 10.6 Å². The Hall–Kier alpha value is -2.32. The molecule has 0 aliphatic rings. The van der Waals surface area contributed by atoms with Crippen LogP contribution in [0.15, 0.2) is 72.8 Å². The van der Waals surface area contributed by atoms with Crippen LogP contribution in [0.5, 0.6) is 0 Å². The number of nitrogens with two attached hydrogens (primary N) is 1. The first kappa shape index (κ1) is 13.7. The summed E-state index contributed by atoms with van der Waals surface area (Å²) in [4.78, 5) is 2.24. The Morgan fingerprint density at radius 2 is 1.52 bits per heavy atom. The first-order valence-corrected chi connectivity index (χ1v) is 7.26. The van der Waals surface area contributed by atoms with Crippen molar-refractivity contribution in [2.24, 2.45) is 5.73 Å². The van der Waals surface area contributed by atoms with Crippen LogP contribution in [0.25, 0.3) is 10.8 Å². The van der Waals surface area contributed by atoms with E-state index in [2.05, 4.69) is 78.7 Å². The van der Waals surface area contributed by atoms with Gasteiger partial charge in [-0.2, -0.15) is 0 Å². The van der Waals surface area contributed by atoms with Gasteiger partial charge in [0, 0.05) is 19.3 Å². The number of likely N-dealkylation sites (N-methyl/N-ethyl adjacent to an activating group) is 1. The predicted molar refractivity (Wildman–Crippen MR) is 90.6 cm³/mol. The first-order valence-electron chi connectivity index (χ1n) is 7.26. The summed E-state index contributed by atoms with van der Waals surface area (Å²) in [7, 11) is 2.10. The van der Waals surface area contributed by atoms with Gasteiger partial charge in [0.15, 0.2) is 0 Å². The number of anilines is 1. The minimum absolute atomic E-state index is 0.178. The second-order valence-electron chi connectivity index (χ2n) is 5.30. The summed E-state index contributed by atoms with van der Waals surface area (Å²) in [5.74, 6) is 0. The van der Waals surface area contributed by atoms with Gasteiger partial charge in [-0.05, 0) is 34.5 Å². The Morgan fingerprint density at radius 3 is 2.24 bits per heavy atom. The largest absolute Gasteiger partial charge is 0.366 e. The maximum absolute atomic E-state index is 6.05. The fraction of sp³-hybridized carbons (Fsp3) is 0.158. The molecule has 2 N–H and O–H groups in total. The Balaban J connectivity index is 1.98. The van der Waals surface area contributed by atoms with Crippen molar-refractivity contribution in [1.82, 2.24) is 0 Å². The number of benzene rings is 3. The third kappa shape index (κ3) is 2.76. The fourth-order valence-electron chi connectivity index (χ4n) is 2.78. The third-order valence-corrected chi connectivity index (χ3v) is 4.01. The molecule has 1 unspecified atom stereocenters. The molecule has 0 bridgehead atoms. The van der Waals surface area contributed by atoms with E-state index in [9.17, 15) is 0 Å². The highest BCUT2D eigenvalue weighted by molar-refractivity contribution is 5.83. The molecule has 21 heavy (non-hydrogen) atoms. The van der Waals surface area contributed by atoms with Crippen molar-refractivity contribution in [1.29, 1.82) is 0 Å². The summed E-state index contributed by atoms with van der Waals surface area (Å²) in [6, 6.07) is 25.6. The van der Waals surface area contributed by atoms with Crippen molar-refractivity contribution in [3.8, 4) is 0 Å². The predicted octanol–water partition coefficient (Wildman–Crippen LogP) is 3.98. The van der Waals surface area contributed by atoms with Crippen LogP contribution in [-0.2, 0) is 0 Å². The van der Waals surface area contributed by atoms with Gasteiger partial charge in [-0.15, -0.1) is 0 Å². The maximum atomic E-state index is 6.05. The van der Waals surface area contributed by atoms with Gasteiger partial charge in [-0.25, -0.2) is 0 Å². The zero-order chi connectivity index (χ0) is 14.7. The molecule has 0 radical (unpaired) electrons. The van der Waals surface area contributed by atoms with E-state index >= 15 is 0 Å². The minimum atomic E-state index is 0.178. The smallest absolute Gasteiger partial charge is 0.0661 e. The number of hydrogen-bond donors (Lipinski definition) is 1. The van der Waals surface area contributed by atoms with Gasteiger partial charge in [-0.1, -0.05) is 54.6 Å². The molecule has 2 nitrogen and oxygen atoms in total. The van der Waals surface area contributed by atoms with Crippen LogP contribution in [0.4, 0.5) is 5.69 Å². The van der Waals surface area contributed by atoms with Crippen LogP contribution in [0.3, 0.4) is 0 Å². The molecule has 0 heterocycles. The van der Waals surface area contributed by atoms with Crippen LogP contribution in [-0.4, -0.2) is 13.6 Å². The zero-order valence-electron chi connectivity index (χ0n) is 12.2. The van der Waals surface area contributed by atoms with Gasteiger partial charge in [0.2, 0.25) is 0 Å². The second kappa shape index (κ2) is 5.98. The van der Waals surface area contributed by atoms with Gasteiger partial charge in [0.1, 0.15) is 0 Å². The van der Waals surface area contributed by atoms with Gasteiger partial charge in [0.25, 0.3) is 0 Å². The van der Waals surface area contributed by atoms with E-state index in [1.165, 1.54) is 22.0 Å². The Morgan fingerprint density at radius 1 is 0.857 bits per heavy atom. The van der Waals surface area contributed by atoms with Crippen molar-refractivity contribution in [2.45, 2.75) is 6.04 Å². The molecule has 3 aromatic rings. The number of nitrogens with zero attached hydrogens (tertiary/aromatic N) is 1. The molecule has 0 fully saturated rings. The van der Waals surface area contributed by atoms with E-state index in [4.69, 9.17) is 5.73 Å². The molecule has 0 aliphatic carbocycles. The normalized spacial score (nSPS) is 12.3. The molecule has 0 saturated carbocycles. The van der Waals surface area contributed by atoms with Crippen LogP contribution in [0.2, 0.25) is 0 Å². The third-order valence-electron chi connectivity index (χ3n) is 4.01. The molecule has 0 spiro atoms. The van der Waals surface area contributed by atoms with E-state index in [0.29, 0.717) is 6.54 Å². The molecule has 0 amide bonds. The molecule has 2 heteroatoms. The van der Waals surface area contributed by atoms with Gasteiger partial charge in [0.05, 0.1) is 6.04 Å². The summed E-state index contributed by atoms with van der Waals surface area (Å²) in [5, 5.41) is 2.52. The molecule has 3 rings (SSSR count). The molecule has 106 valence electrons. The van der Waals surface area contributed by atoms with Crippen molar-refractivity contribution in [3.05, 3.63) is 78.4 Å². The average molecular weight is 276 g/mol. The van der Waals surface area contributed by atoms with Crippen molar-refractivity contribution >= 4 is 16.5 Å². The van der Waals surface area contributed by atoms with Crippen molar-refractivity contribution < 1.29 is 0 Å². The molecular formula is C19H20N2. The quantitative estimate of drug-likeness (QED) is 0.781. The molecule has 0 saturated heterocycles. The average Bonchev–Trinajstić information content (AvgIpc) is 2.56. The lowest BCUT2D eigenvalue weighted by molar-refractivity contribution is 0.681. The SMILES string of the molecule is CN(c1ccccc1)C(CN)c1ccc2ccccc2c1. The second-order valence-corrected chi connectivity index (χ2v) is 5.30. The summed E-state index contributed by atoms with van der Waals surface area (Å²) in [5.41, 5.74) is 8.48. The molecular weight excluding hydrogens is 256 g/mol. The van der Waals surface area contributed by atoms with Crippen LogP contribution in [0, 0.1) is 0 Å². The highest BCUT2D eigenvalue weighted by atomic mass is 15.1. The standard InChI is InChI=1S/C19H20N2/c1-21(18-9-3-2-4-10-18)19(14-20)17-12-11-15-7-5-6-8-16(15)13-17/h2-13,19H,14,20H2,1H3. The highest BCUT2D eigenvalue weighted by Gasteiger charge is 2.16. The van der Waals surface area contributed by atoms with E-state index < -0.39 is 0 Å². The minimum Gasteiger partial charge on any atom is -0.366 e. The Kier molecular flexibility index (Phi) is 3.89. The molecule has 1 atom stereocenters. The van der Waals surface area contributed by atoms with E-state index in [0.717, 1.165) is 0 Å². The number of rotatable bonds is 4. The van der Waals surface area contributed by atoms with Gasteiger partial charge >= 0.3 is 0 Å². The lowest BCUT2D eigenvalue weighted by Crippen LogP contribution is -2.30. The molecule has 3 aromatic carbocycles. The van der Waals surface area contributed by atoms with Gasteiger partial charge in [-0.3, -0.25) is 0 Å². The van der Waals surface area contributed by atoms with Crippen molar-refractivity contribution in [2.75, 3.05) is 18.5 Å².